The average Bonchev–Trinajstić information content (AvgIpc) is 3.57. The molecular weight excluding hydrogens is 504 g/mol. The van der Waals surface area contributed by atoms with Crippen LogP contribution in [0.4, 0.5) is 16.6 Å². The molecule has 2 fully saturated rings. The highest BCUT2D eigenvalue weighted by atomic mass is 32.1. The number of rotatable bonds is 5. The number of aliphatic hydroxyl groups excluding tert-OH is 1. The Morgan fingerprint density at radius 3 is 2.84 bits per heavy atom. The fraction of sp³-hybridized carbons (Fsp3) is 0.462. The predicted octanol–water partition coefficient (Wildman–Crippen LogP) is 2.38. The lowest BCUT2D eigenvalue weighted by Crippen LogP contribution is -2.40. The zero-order valence-corrected chi connectivity index (χ0v) is 22.1. The summed E-state index contributed by atoms with van der Waals surface area (Å²) in [5.41, 5.74) is 9.52. The van der Waals surface area contributed by atoms with Crippen LogP contribution in [0.5, 0.6) is 0 Å². The number of pyridine rings is 2. The second-order valence-corrected chi connectivity index (χ2v) is 11.1. The molecule has 6 rings (SSSR count). The molecule has 12 heteroatoms. The standard InChI is InChI=1S/C26H32N8O3S/c1-15-11-16(4-7-28-15)25-30-20(14-37-25)24(36)29-19-12-21-22(31-23(19)33-9-5-17(27)6-10-33)32-26(38-21)34-8-2-3-18(35)13-34/h4,7,11-12,14,17-18,25,30,35H,2-3,5-6,8-10,13,27H2,1H3,(H,29,36). The van der Waals surface area contributed by atoms with Crippen molar-refractivity contribution in [1.82, 2.24) is 20.3 Å². The molecule has 3 aromatic rings. The van der Waals surface area contributed by atoms with Gasteiger partial charge < -0.3 is 36.0 Å². The number of nitrogens with zero attached hydrogens (tertiary/aromatic N) is 5. The zero-order chi connectivity index (χ0) is 26.2. The summed E-state index contributed by atoms with van der Waals surface area (Å²) in [5.74, 6) is 0.382. The van der Waals surface area contributed by atoms with Crippen molar-refractivity contribution in [2.45, 2.75) is 51.0 Å². The van der Waals surface area contributed by atoms with Gasteiger partial charge in [0.15, 0.2) is 22.8 Å². The van der Waals surface area contributed by atoms with E-state index in [-0.39, 0.29) is 18.1 Å². The summed E-state index contributed by atoms with van der Waals surface area (Å²) < 4.78 is 6.62. The van der Waals surface area contributed by atoms with Gasteiger partial charge in [-0.15, -0.1) is 0 Å². The van der Waals surface area contributed by atoms with E-state index in [0.29, 0.717) is 29.4 Å². The number of anilines is 3. The van der Waals surface area contributed by atoms with Crippen LogP contribution in [0, 0.1) is 6.92 Å². The Labute approximate surface area is 224 Å². The van der Waals surface area contributed by atoms with Crippen molar-refractivity contribution in [3.8, 4) is 0 Å². The SMILES string of the molecule is Cc1cc(C2NC(C(=O)Nc3cc4sc(N5CCCC(O)C5)nc4nc3N3CCC(N)CC3)=CO2)ccn1. The van der Waals surface area contributed by atoms with Crippen molar-refractivity contribution >= 4 is 44.2 Å². The summed E-state index contributed by atoms with van der Waals surface area (Å²) in [6.45, 7) is 4.85. The number of aryl methyl sites for hydroxylation is 1. The molecule has 6 heterocycles. The number of nitrogens with two attached hydrogens (primary N) is 1. The maximum Gasteiger partial charge on any atom is 0.275 e. The average molecular weight is 537 g/mol. The molecule has 3 aliphatic rings. The van der Waals surface area contributed by atoms with E-state index in [1.807, 2.05) is 25.1 Å². The van der Waals surface area contributed by atoms with E-state index in [1.165, 1.54) is 17.6 Å². The Kier molecular flexibility index (Phi) is 6.76. The summed E-state index contributed by atoms with van der Waals surface area (Å²) in [4.78, 5) is 31.5. The van der Waals surface area contributed by atoms with E-state index >= 15 is 0 Å². The molecule has 0 bridgehead atoms. The van der Waals surface area contributed by atoms with Crippen LogP contribution in [0.1, 0.15) is 43.2 Å². The van der Waals surface area contributed by atoms with Gasteiger partial charge in [0.1, 0.15) is 12.0 Å². The minimum atomic E-state index is -0.454. The topological polar surface area (TPSA) is 142 Å². The van der Waals surface area contributed by atoms with Crippen LogP contribution >= 0.6 is 11.3 Å². The number of fused-ring (bicyclic) bond motifs is 1. The number of amides is 1. The highest BCUT2D eigenvalue weighted by Gasteiger charge is 2.28. The van der Waals surface area contributed by atoms with Crippen LogP contribution in [-0.2, 0) is 9.53 Å². The normalized spacial score (nSPS) is 22.2. The van der Waals surface area contributed by atoms with Crippen LogP contribution in [-0.4, -0.2) is 64.3 Å². The molecule has 2 unspecified atom stereocenters. The molecule has 3 aromatic heterocycles. The Hall–Kier alpha value is -3.48. The lowest BCUT2D eigenvalue weighted by atomic mass is 10.1. The van der Waals surface area contributed by atoms with E-state index in [1.54, 1.807) is 6.20 Å². The van der Waals surface area contributed by atoms with Gasteiger partial charge in [-0.1, -0.05) is 11.3 Å². The Bertz CT molecular complexity index is 1370. The number of β-amino-alcohol motifs (C(OH)–C–C–N with tert-alkyl or cyclic N) is 1. The number of hydrogen-bond acceptors (Lipinski definition) is 11. The van der Waals surface area contributed by atoms with Crippen LogP contribution in [0.2, 0.25) is 0 Å². The zero-order valence-electron chi connectivity index (χ0n) is 21.3. The minimum Gasteiger partial charge on any atom is -0.472 e. The van der Waals surface area contributed by atoms with E-state index in [2.05, 4.69) is 25.4 Å². The molecule has 38 heavy (non-hydrogen) atoms. The van der Waals surface area contributed by atoms with Crippen LogP contribution in [0.3, 0.4) is 0 Å². The fourth-order valence-corrected chi connectivity index (χ4v) is 6.08. The maximum absolute atomic E-state index is 13.3. The summed E-state index contributed by atoms with van der Waals surface area (Å²) in [6.07, 6.45) is 5.82. The van der Waals surface area contributed by atoms with Crippen LogP contribution in [0.15, 0.2) is 36.4 Å². The molecule has 2 saturated heterocycles. The number of aromatic nitrogens is 3. The van der Waals surface area contributed by atoms with Gasteiger partial charge in [0.25, 0.3) is 5.91 Å². The van der Waals surface area contributed by atoms with Gasteiger partial charge in [-0.3, -0.25) is 9.78 Å². The number of carbonyl (C=O) groups is 1. The van der Waals surface area contributed by atoms with Gasteiger partial charge in [0, 0.05) is 49.7 Å². The van der Waals surface area contributed by atoms with Crippen LogP contribution < -0.4 is 26.2 Å². The monoisotopic (exact) mass is 536 g/mol. The third-order valence-corrected chi connectivity index (χ3v) is 8.23. The van der Waals surface area contributed by atoms with Gasteiger partial charge in [-0.25, -0.2) is 4.98 Å². The lowest BCUT2D eigenvalue weighted by Gasteiger charge is -2.32. The van der Waals surface area contributed by atoms with Crippen molar-refractivity contribution in [1.29, 1.82) is 0 Å². The first-order valence-corrected chi connectivity index (χ1v) is 13.9. The molecule has 5 N–H and O–H groups in total. The second kappa shape index (κ2) is 10.4. The molecule has 0 spiro atoms. The van der Waals surface area contributed by atoms with Gasteiger partial charge in [-0.05, 0) is 50.8 Å². The molecular formula is C26H32N8O3S. The number of piperidine rings is 2. The van der Waals surface area contributed by atoms with Gasteiger partial charge >= 0.3 is 0 Å². The van der Waals surface area contributed by atoms with Crippen LogP contribution in [0.25, 0.3) is 10.3 Å². The molecule has 0 aromatic carbocycles. The molecule has 0 aliphatic carbocycles. The maximum atomic E-state index is 13.3. The van der Waals surface area contributed by atoms with Crippen molar-refractivity contribution < 1.29 is 14.6 Å². The number of nitrogens with one attached hydrogen (secondary N) is 2. The summed E-state index contributed by atoms with van der Waals surface area (Å²) in [6, 6.07) is 5.90. The quantitative estimate of drug-likeness (QED) is 0.384. The molecule has 11 nitrogen and oxygen atoms in total. The molecule has 200 valence electrons. The Balaban J connectivity index is 1.26. The number of aliphatic hydroxyl groups is 1. The van der Waals surface area contributed by atoms with E-state index in [9.17, 15) is 9.90 Å². The molecule has 3 aliphatic heterocycles. The minimum absolute atomic E-state index is 0.170. The number of hydrogen-bond donors (Lipinski definition) is 4. The lowest BCUT2D eigenvalue weighted by molar-refractivity contribution is -0.113. The number of thiazole rings is 1. The smallest absolute Gasteiger partial charge is 0.275 e. The van der Waals surface area contributed by atoms with Crippen molar-refractivity contribution in [2.75, 3.05) is 41.3 Å². The Morgan fingerprint density at radius 1 is 1.21 bits per heavy atom. The van der Waals surface area contributed by atoms with E-state index in [0.717, 1.165) is 66.4 Å². The van der Waals surface area contributed by atoms with E-state index in [4.69, 9.17) is 20.4 Å². The Morgan fingerprint density at radius 2 is 2.05 bits per heavy atom. The summed E-state index contributed by atoms with van der Waals surface area (Å²) in [7, 11) is 0. The van der Waals surface area contributed by atoms with Gasteiger partial charge in [0.05, 0.1) is 16.5 Å². The van der Waals surface area contributed by atoms with Crippen molar-refractivity contribution in [3.05, 3.63) is 47.6 Å². The highest BCUT2D eigenvalue weighted by Crippen LogP contribution is 2.36. The molecule has 0 radical (unpaired) electrons. The second-order valence-electron chi connectivity index (χ2n) is 10.1. The first-order chi connectivity index (χ1) is 18.4. The molecule has 1 amide bonds. The van der Waals surface area contributed by atoms with Crippen molar-refractivity contribution in [3.63, 3.8) is 0 Å². The fourth-order valence-electron chi connectivity index (χ4n) is 5.10. The third kappa shape index (κ3) is 5.11. The largest absolute Gasteiger partial charge is 0.472 e. The van der Waals surface area contributed by atoms with Crippen molar-refractivity contribution in [2.24, 2.45) is 5.73 Å². The molecule has 2 atom stereocenters. The first-order valence-electron chi connectivity index (χ1n) is 13.0. The molecule has 0 saturated carbocycles. The first kappa shape index (κ1) is 24.8. The number of carbonyl (C=O) groups excluding carboxylic acids is 1. The summed E-state index contributed by atoms with van der Waals surface area (Å²) >= 11 is 1.52. The highest BCUT2D eigenvalue weighted by molar-refractivity contribution is 7.22. The summed E-state index contributed by atoms with van der Waals surface area (Å²) in [5, 5.41) is 17.2. The van der Waals surface area contributed by atoms with E-state index < -0.39 is 6.23 Å². The number of ether oxygens (including phenoxy) is 1. The predicted molar refractivity (Wildman–Crippen MR) is 147 cm³/mol. The van der Waals surface area contributed by atoms with Gasteiger partial charge in [-0.2, -0.15) is 4.98 Å². The third-order valence-electron chi connectivity index (χ3n) is 7.18. The van der Waals surface area contributed by atoms with Gasteiger partial charge in [0.2, 0.25) is 0 Å².